The molecule has 1 rings (SSSR count). The number of piperidine rings is 1. The fourth-order valence-corrected chi connectivity index (χ4v) is 1.68. The largest absolute Gasteiger partial charge is 0.444 e. The fourth-order valence-electron chi connectivity index (χ4n) is 1.68. The predicted octanol–water partition coefficient (Wildman–Crippen LogP) is 1.74. The van der Waals surface area contributed by atoms with Crippen LogP contribution in [-0.4, -0.2) is 42.1 Å². The molecule has 2 N–H and O–H groups in total. The van der Waals surface area contributed by atoms with Gasteiger partial charge in [-0.15, -0.1) is 5.11 Å². The van der Waals surface area contributed by atoms with E-state index in [9.17, 15) is 4.79 Å². The van der Waals surface area contributed by atoms with Gasteiger partial charge < -0.3 is 15.5 Å². The smallest absolute Gasteiger partial charge is 0.410 e. The zero-order valence-electron chi connectivity index (χ0n) is 11.2. The van der Waals surface area contributed by atoms with Gasteiger partial charge in [0.05, 0.1) is 6.04 Å². The summed E-state index contributed by atoms with van der Waals surface area (Å²) < 4.78 is 5.31. The highest BCUT2D eigenvalue weighted by atomic mass is 16.6. The molecular formula is C11H21N5O2. The number of amides is 1. The van der Waals surface area contributed by atoms with E-state index in [-0.39, 0.29) is 12.1 Å². The third-order valence-electron chi connectivity index (χ3n) is 2.51. The molecular weight excluding hydrogens is 234 g/mol. The standard InChI is InChI=1S/C11H21N5O2/c1-11(2,3)18-10(17)16-6-4-9(5-7-16)13-8-14-15-12/h8-9H,4-7H2,1-3H3,(H2,12,13,14). The molecule has 1 heterocycles. The summed E-state index contributed by atoms with van der Waals surface area (Å²) in [6.45, 7) is 6.88. The van der Waals surface area contributed by atoms with E-state index in [1.54, 1.807) is 4.90 Å². The first-order chi connectivity index (χ1) is 8.42. The first kappa shape index (κ1) is 14.4. The molecule has 0 saturated carbocycles. The maximum atomic E-state index is 11.8. The average Bonchev–Trinajstić information content (AvgIpc) is 2.28. The summed E-state index contributed by atoms with van der Waals surface area (Å²) in [5.74, 6) is 4.86. The Balaban J connectivity index is 2.37. The van der Waals surface area contributed by atoms with Crippen LogP contribution in [0.3, 0.4) is 0 Å². The van der Waals surface area contributed by atoms with Gasteiger partial charge in [-0.25, -0.2) is 4.79 Å². The van der Waals surface area contributed by atoms with Crippen LogP contribution in [0.15, 0.2) is 15.3 Å². The number of aliphatic imine (C=N–C) groups is 1. The number of nitrogens with two attached hydrogens (primary N) is 1. The monoisotopic (exact) mass is 255 g/mol. The van der Waals surface area contributed by atoms with Gasteiger partial charge in [-0.2, -0.15) is 0 Å². The van der Waals surface area contributed by atoms with Crippen molar-refractivity contribution in [3.8, 4) is 0 Å². The molecule has 0 aliphatic carbocycles. The van der Waals surface area contributed by atoms with E-state index in [1.807, 2.05) is 20.8 Å². The Kier molecular flexibility index (Phi) is 5.06. The number of carbonyl (C=O) groups is 1. The fraction of sp³-hybridized carbons (Fsp3) is 0.818. The normalized spacial score (nSPS) is 18.7. The second-order valence-electron chi connectivity index (χ2n) is 5.19. The van der Waals surface area contributed by atoms with E-state index in [0.717, 1.165) is 12.8 Å². The third-order valence-corrected chi connectivity index (χ3v) is 2.51. The number of hydrogen-bond donors (Lipinski definition) is 1. The van der Waals surface area contributed by atoms with E-state index >= 15 is 0 Å². The van der Waals surface area contributed by atoms with E-state index in [2.05, 4.69) is 15.3 Å². The lowest BCUT2D eigenvalue weighted by molar-refractivity contribution is 0.0207. The van der Waals surface area contributed by atoms with Gasteiger partial charge in [0.2, 0.25) is 0 Å². The van der Waals surface area contributed by atoms with Crippen LogP contribution in [0.4, 0.5) is 4.79 Å². The number of ether oxygens (including phenoxy) is 1. The Morgan fingerprint density at radius 2 is 2.00 bits per heavy atom. The highest BCUT2D eigenvalue weighted by Crippen LogP contribution is 2.16. The number of rotatable bonds is 2. The third kappa shape index (κ3) is 5.11. The molecule has 0 aromatic heterocycles. The summed E-state index contributed by atoms with van der Waals surface area (Å²) >= 11 is 0. The van der Waals surface area contributed by atoms with Crippen LogP contribution in [-0.2, 0) is 4.74 Å². The molecule has 1 aliphatic rings. The van der Waals surface area contributed by atoms with Gasteiger partial charge in [0.15, 0.2) is 0 Å². The van der Waals surface area contributed by atoms with Crippen molar-refractivity contribution >= 4 is 12.4 Å². The molecule has 7 nitrogen and oxygen atoms in total. The number of carbonyl (C=O) groups excluding carboxylic acids is 1. The Morgan fingerprint density at radius 3 is 2.50 bits per heavy atom. The van der Waals surface area contributed by atoms with Gasteiger partial charge in [0, 0.05) is 13.1 Å². The summed E-state index contributed by atoms with van der Waals surface area (Å²) in [6.07, 6.45) is 2.70. The van der Waals surface area contributed by atoms with Crippen LogP contribution in [0.2, 0.25) is 0 Å². The van der Waals surface area contributed by atoms with Crippen molar-refractivity contribution in [3.05, 3.63) is 0 Å². The van der Waals surface area contributed by atoms with Crippen molar-refractivity contribution in [1.82, 2.24) is 4.90 Å². The average molecular weight is 255 g/mol. The molecule has 1 fully saturated rings. The molecule has 1 saturated heterocycles. The minimum absolute atomic E-state index is 0.175. The minimum Gasteiger partial charge on any atom is -0.444 e. The summed E-state index contributed by atoms with van der Waals surface area (Å²) in [5, 5.41) is 6.57. The van der Waals surface area contributed by atoms with Crippen molar-refractivity contribution in [2.75, 3.05) is 13.1 Å². The number of likely N-dealkylation sites (tertiary alicyclic amines) is 1. The van der Waals surface area contributed by atoms with Gasteiger partial charge in [0.1, 0.15) is 11.9 Å². The molecule has 102 valence electrons. The first-order valence-corrected chi connectivity index (χ1v) is 6.02. The number of hydrogen-bond acceptors (Lipinski definition) is 4. The van der Waals surface area contributed by atoms with Crippen LogP contribution in [0, 0.1) is 0 Å². The molecule has 1 amide bonds. The molecule has 0 atom stereocenters. The zero-order chi connectivity index (χ0) is 13.6. The van der Waals surface area contributed by atoms with E-state index in [4.69, 9.17) is 10.6 Å². The molecule has 0 radical (unpaired) electrons. The van der Waals surface area contributed by atoms with Crippen LogP contribution < -0.4 is 5.84 Å². The number of nitrogens with zero attached hydrogens (tertiary/aromatic N) is 4. The first-order valence-electron chi connectivity index (χ1n) is 6.02. The van der Waals surface area contributed by atoms with Gasteiger partial charge in [-0.3, -0.25) is 4.99 Å². The van der Waals surface area contributed by atoms with Gasteiger partial charge >= 0.3 is 6.09 Å². The Morgan fingerprint density at radius 1 is 1.39 bits per heavy atom. The van der Waals surface area contributed by atoms with Crippen molar-refractivity contribution in [3.63, 3.8) is 0 Å². The molecule has 0 unspecified atom stereocenters. The lowest BCUT2D eigenvalue weighted by Gasteiger charge is -2.32. The van der Waals surface area contributed by atoms with Gasteiger partial charge in [-0.1, -0.05) is 5.22 Å². The highest BCUT2D eigenvalue weighted by molar-refractivity contribution is 5.68. The van der Waals surface area contributed by atoms with Crippen LogP contribution >= 0.6 is 0 Å². The van der Waals surface area contributed by atoms with Crippen LogP contribution in [0.25, 0.3) is 0 Å². The second-order valence-corrected chi connectivity index (χ2v) is 5.19. The molecule has 0 spiro atoms. The van der Waals surface area contributed by atoms with E-state index in [1.165, 1.54) is 6.34 Å². The van der Waals surface area contributed by atoms with Crippen molar-refractivity contribution in [1.29, 1.82) is 0 Å². The Hall–Kier alpha value is -1.66. The van der Waals surface area contributed by atoms with Crippen molar-refractivity contribution in [2.45, 2.75) is 45.3 Å². The second kappa shape index (κ2) is 6.32. The lowest BCUT2D eigenvalue weighted by atomic mass is 10.1. The molecule has 7 heteroatoms. The Labute approximate surface area is 107 Å². The van der Waals surface area contributed by atoms with Gasteiger partial charge in [0.25, 0.3) is 0 Å². The van der Waals surface area contributed by atoms with Crippen molar-refractivity contribution < 1.29 is 9.53 Å². The van der Waals surface area contributed by atoms with E-state index in [0.29, 0.717) is 13.1 Å². The summed E-state index contributed by atoms with van der Waals surface area (Å²) in [5.41, 5.74) is -0.451. The van der Waals surface area contributed by atoms with Gasteiger partial charge in [-0.05, 0) is 33.6 Å². The highest BCUT2D eigenvalue weighted by Gasteiger charge is 2.26. The molecule has 0 bridgehead atoms. The lowest BCUT2D eigenvalue weighted by Crippen LogP contribution is -2.42. The maximum Gasteiger partial charge on any atom is 0.410 e. The van der Waals surface area contributed by atoms with E-state index < -0.39 is 5.60 Å². The van der Waals surface area contributed by atoms with Crippen LogP contribution in [0.1, 0.15) is 33.6 Å². The predicted molar refractivity (Wildman–Crippen MR) is 68.4 cm³/mol. The molecule has 0 aromatic carbocycles. The van der Waals surface area contributed by atoms with Crippen molar-refractivity contribution in [2.24, 2.45) is 21.2 Å². The minimum atomic E-state index is -0.451. The molecule has 1 aliphatic heterocycles. The summed E-state index contributed by atoms with van der Waals surface area (Å²) in [7, 11) is 0. The van der Waals surface area contributed by atoms with Crippen LogP contribution in [0.5, 0.6) is 0 Å². The molecule has 0 aromatic rings. The maximum absolute atomic E-state index is 11.8. The zero-order valence-corrected chi connectivity index (χ0v) is 11.2. The molecule has 18 heavy (non-hydrogen) atoms. The summed E-state index contributed by atoms with van der Waals surface area (Å²) in [4.78, 5) is 17.7. The SMILES string of the molecule is CC(C)(C)OC(=O)N1CCC(N=CN=NN)CC1. The summed E-state index contributed by atoms with van der Waals surface area (Å²) in [6, 6.07) is 0.175. The Bertz CT molecular complexity index is 327. The quantitative estimate of drug-likeness (QED) is 0.268. The topological polar surface area (TPSA) is 92.6 Å².